The highest BCUT2D eigenvalue weighted by atomic mass is 32.1. The summed E-state index contributed by atoms with van der Waals surface area (Å²) in [6.45, 7) is 0. The largest absolute Gasteiger partial charge is 0.375 e. The number of benzene rings is 1. The Bertz CT molecular complexity index is 490. The summed E-state index contributed by atoms with van der Waals surface area (Å²) in [6.07, 6.45) is 1.47. The van der Waals surface area contributed by atoms with E-state index in [1.165, 1.54) is 6.08 Å². The van der Waals surface area contributed by atoms with Crippen LogP contribution >= 0.6 is 12.2 Å². The van der Waals surface area contributed by atoms with Gasteiger partial charge in [0.2, 0.25) is 0 Å². The Morgan fingerprint density at radius 2 is 2.00 bits per heavy atom. The van der Waals surface area contributed by atoms with Crippen LogP contribution < -0.4 is 16.6 Å². The van der Waals surface area contributed by atoms with Crippen molar-refractivity contribution in [1.82, 2.24) is 10.9 Å². The molecule has 0 aliphatic carbocycles. The highest BCUT2D eigenvalue weighted by Gasteiger charge is 2.08. The van der Waals surface area contributed by atoms with Crippen LogP contribution in [0.25, 0.3) is 6.08 Å². The Hall–Kier alpha value is -2.39. The first-order valence-corrected chi connectivity index (χ1v) is 5.07. The summed E-state index contributed by atoms with van der Waals surface area (Å²) in [6, 6.07) is 10.8. The summed E-state index contributed by atoms with van der Waals surface area (Å²) in [5.41, 5.74) is 10.3. The molecular weight excluding hydrogens is 236 g/mol. The molecule has 0 heterocycles. The summed E-state index contributed by atoms with van der Waals surface area (Å²) in [5.74, 6) is -0.593. The third kappa shape index (κ3) is 4.32. The average molecular weight is 246 g/mol. The Morgan fingerprint density at radius 1 is 1.35 bits per heavy atom. The second-order valence-electron chi connectivity index (χ2n) is 3.02. The molecule has 0 atom stereocenters. The van der Waals surface area contributed by atoms with E-state index in [1.54, 1.807) is 18.2 Å². The number of amides is 1. The molecule has 1 aromatic carbocycles. The van der Waals surface area contributed by atoms with Crippen molar-refractivity contribution in [3.05, 3.63) is 41.5 Å². The van der Waals surface area contributed by atoms with Crippen molar-refractivity contribution in [3.8, 4) is 6.07 Å². The van der Waals surface area contributed by atoms with E-state index in [1.807, 2.05) is 18.2 Å². The number of nitrogens with one attached hydrogen (secondary N) is 2. The van der Waals surface area contributed by atoms with E-state index in [4.69, 9.17) is 11.0 Å². The van der Waals surface area contributed by atoms with Gasteiger partial charge in [-0.15, -0.1) is 0 Å². The smallest absolute Gasteiger partial charge is 0.280 e. The van der Waals surface area contributed by atoms with E-state index in [0.29, 0.717) is 0 Å². The average Bonchev–Trinajstić information content (AvgIpc) is 2.34. The summed E-state index contributed by atoms with van der Waals surface area (Å²) in [5, 5.41) is 8.78. The van der Waals surface area contributed by atoms with Gasteiger partial charge in [0.25, 0.3) is 5.91 Å². The molecule has 0 aliphatic heterocycles. The maximum Gasteiger partial charge on any atom is 0.280 e. The standard InChI is InChI=1S/C11H10N4OS/c12-7-9(10(16)14-15-11(13)17)6-8-4-2-1-3-5-8/h1-6H,(H,14,16)(H3,13,15,17). The fourth-order valence-corrected chi connectivity index (χ4v) is 1.10. The van der Waals surface area contributed by atoms with E-state index < -0.39 is 5.91 Å². The molecule has 4 N–H and O–H groups in total. The van der Waals surface area contributed by atoms with Crippen LogP contribution in [0.15, 0.2) is 35.9 Å². The third-order valence-electron chi connectivity index (χ3n) is 1.77. The third-order valence-corrected chi connectivity index (χ3v) is 1.88. The number of nitriles is 1. The van der Waals surface area contributed by atoms with Gasteiger partial charge in [0.05, 0.1) is 0 Å². The summed E-state index contributed by atoms with van der Waals surface area (Å²) >= 11 is 4.52. The molecule has 0 saturated carbocycles. The van der Waals surface area contributed by atoms with Gasteiger partial charge in [-0.25, -0.2) is 0 Å². The second kappa shape index (κ2) is 6.25. The molecule has 0 fully saturated rings. The van der Waals surface area contributed by atoms with E-state index in [9.17, 15) is 4.79 Å². The number of hydrogen-bond acceptors (Lipinski definition) is 3. The fraction of sp³-hybridized carbons (Fsp3) is 0. The highest BCUT2D eigenvalue weighted by molar-refractivity contribution is 7.80. The van der Waals surface area contributed by atoms with Crippen molar-refractivity contribution in [1.29, 1.82) is 5.26 Å². The first-order chi connectivity index (χ1) is 8.13. The Balaban J connectivity index is 2.79. The number of carbonyl (C=O) groups excluding carboxylic acids is 1. The van der Waals surface area contributed by atoms with Gasteiger partial charge in [0.15, 0.2) is 5.11 Å². The van der Waals surface area contributed by atoms with E-state index >= 15 is 0 Å². The molecule has 6 heteroatoms. The SMILES string of the molecule is N#CC(=Cc1ccccc1)C(=O)NNC(N)=S. The summed E-state index contributed by atoms with van der Waals surface area (Å²) in [7, 11) is 0. The summed E-state index contributed by atoms with van der Waals surface area (Å²) < 4.78 is 0. The zero-order chi connectivity index (χ0) is 12.7. The Morgan fingerprint density at radius 3 is 2.53 bits per heavy atom. The minimum atomic E-state index is -0.593. The predicted molar refractivity (Wildman–Crippen MR) is 68.1 cm³/mol. The second-order valence-corrected chi connectivity index (χ2v) is 3.46. The molecule has 0 aliphatic rings. The number of rotatable bonds is 2. The molecule has 0 saturated heterocycles. The number of carbonyl (C=O) groups is 1. The van der Waals surface area contributed by atoms with E-state index in [0.717, 1.165) is 5.56 Å². The lowest BCUT2D eigenvalue weighted by Crippen LogP contribution is -2.44. The normalized spacial score (nSPS) is 10.2. The molecule has 0 spiro atoms. The summed E-state index contributed by atoms with van der Waals surface area (Å²) in [4.78, 5) is 11.5. The van der Waals surface area contributed by atoms with Crippen LogP contribution in [0.1, 0.15) is 5.56 Å². The number of nitrogens with zero attached hydrogens (tertiary/aromatic N) is 1. The number of hydrogen-bond donors (Lipinski definition) is 3. The lowest BCUT2D eigenvalue weighted by atomic mass is 10.1. The van der Waals surface area contributed by atoms with Gasteiger partial charge in [0.1, 0.15) is 11.6 Å². The van der Waals surface area contributed by atoms with Crippen LogP contribution in [-0.4, -0.2) is 11.0 Å². The zero-order valence-corrected chi connectivity index (χ0v) is 9.62. The van der Waals surface area contributed by atoms with E-state index in [2.05, 4.69) is 23.1 Å². The van der Waals surface area contributed by atoms with Crippen LogP contribution in [0.4, 0.5) is 0 Å². The van der Waals surface area contributed by atoms with Gasteiger partial charge in [-0.2, -0.15) is 5.26 Å². The lowest BCUT2D eigenvalue weighted by molar-refractivity contribution is -0.117. The van der Waals surface area contributed by atoms with Gasteiger partial charge in [-0.05, 0) is 23.9 Å². The molecule has 0 radical (unpaired) electrons. The van der Waals surface area contributed by atoms with Gasteiger partial charge in [-0.1, -0.05) is 30.3 Å². The van der Waals surface area contributed by atoms with Crippen LogP contribution in [0, 0.1) is 11.3 Å². The van der Waals surface area contributed by atoms with Crippen LogP contribution in [-0.2, 0) is 4.79 Å². The van der Waals surface area contributed by atoms with Gasteiger partial charge < -0.3 is 5.73 Å². The molecule has 0 aromatic heterocycles. The van der Waals surface area contributed by atoms with Crippen molar-refractivity contribution in [3.63, 3.8) is 0 Å². The van der Waals surface area contributed by atoms with Crippen molar-refractivity contribution in [2.24, 2.45) is 5.73 Å². The molecule has 1 rings (SSSR count). The maximum atomic E-state index is 11.5. The van der Waals surface area contributed by atoms with Gasteiger partial charge >= 0.3 is 0 Å². The minimum absolute atomic E-state index is 0.0417. The monoisotopic (exact) mass is 246 g/mol. The predicted octanol–water partition coefficient (Wildman–Crippen LogP) is 0.458. The number of hydrazine groups is 1. The van der Waals surface area contributed by atoms with Crippen LogP contribution in [0.5, 0.6) is 0 Å². The molecular formula is C11H10N4OS. The fourth-order valence-electron chi connectivity index (χ4n) is 1.05. The van der Waals surface area contributed by atoms with Gasteiger partial charge in [-0.3, -0.25) is 15.6 Å². The first-order valence-electron chi connectivity index (χ1n) is 4.66. The number of thiocarbonyl (C=S) groups is 1. The molecule has 1 amide bonds. The van der Waals surface area contributed by atoms with Crippen LogP contribution in [0.3, 0.4) is 0 Å². The quantitative estimate of drug-likeness (QED) is 0.305. The number of nitrogens with two attached hydrogens (primary N) is 1. The molecule has 0 bridgehead atoms. The topological polar surface area (TPSA) is 90.9 Å². The van der Waals surface area contributed by atoms with Crippen molar-refractivity contribution >= 4 is 29.3 Å². The molecule has 0 unspecified atom stereocenters. The lowest BCUT2D eigenvalue weighted by Gasteiger charge is -2.04. The minimum Gasteiger partial charge on any atom is -0.375 e. The molecule has 5 nitrogen and oxygen atoms in total. The first kappa shape index (κ1) is 12.7. The van der Waals surface area contributed by atoms with Crippen LogP contribution in [0.2, 0.25) is 0 Å². The Kier molecular flexibility index (Phi) is 4.66. The molecule has 1 aromatic rings. The van der Waals surface area contributed by atoms with Gasteiger partial charge in [0, 0.05) is 0 Å². The zero-order valence-electron chi connectivity index (χ0n) is 8.81. The Labute approximate surface area is 104 Å². The van der Waals surface area contributed by atoms with Crippen molar-refractivity contribution in [2.75, 3.05) is 0 Å². The molecule has 17 heavy (non-hydrogen) atoms. The molecule has 86 valence electrons. The van der Waals surface area contributed by atoms with Crippen molar-refractivity contribution in [2.45, 2.75) is 0 Å². The highest BCUT2D eigenvalue weighted by Crippen LogP contribution is 2.05. The van der Waals surface area contributed by atoms with Crippen molar-refractivity contribution < 1.29 is 4.79 Å². The maximum absolute atomic E-state index is 11.5. The van der Waals surface area contributed by atoms with E-state index in [-0.39, 0.29) is 10.7 Å².